The summed E-state index contributed by atoms with van der Waals surface area (Å²) in [5, 5.41) is 24.7. The smallest absolute Gasteiger partial charge is 0.271 e. The van der Waals surface area contributed by atoms with Crippen LogP contribution in [0.4, 0.5) is 0 Å². The molecule has 2 aromatic heterocycles. The van der Waals surface area contributed by atoms with Crippen LogP contribution in [0.25, 0.3) is 5.00 Å². The lowest BCUT2D eigenvalue weighted by molar-refractivity contribution is 0.0955. The summed E-state index contributed by atoms with van der Waals surface area (Å²) in [4.78, 5) is 13.8. The molecule has 0 aliphatic heterocycles. The minimum atomic E-state index is -0.394. The van der Waals surface area contributed by atoms with Gasteiger partial charge in [0.2, 0.25) is 0 Å². The highest BCUT2D eigenvalue weighted by Crippen LogP contribution is 2.38. The van der Waals surface area contributed by atoms with E-state index in [2.05, 4.69) is 53.0 Å². The van der Waals surface area contributed by atoms with E-state index in [4.69, 9.17) is 0 Å². The molecule has 0 spiro atoms. The molecule has 1 amide bonds. The number of phenols is 1. The predicted octanol–water partition coefficient (Wildman–Crippen LogP) is 5.90. The molecule has 0 unspecified atom stereocenters. The van der Waals surface area contributed by atoms with Crippen LogP contribution >= 0.6 is 43.2 Å². The van der Waals surface area contributed by atoms with E-state index in [0.717, 1.165) is 46.8 Å². The molecule has 4 rings (SSSR count). The lowest BCUT2D eigenvalue weighted by Gasteiger charge is -2.10. The average Bonchev–Trinajstić information content (AvgIpc) is 3.27. The maximum absolute atomic E-state index is 12.4. The fourth-order valence-electron chi connectivity index (χ4n) is 3.98. The van der Waals surface area contributed by atoms with Crippen LogP contribution in [-0.4, -0.2) is 21.8 Å². The fourth-order valence-corrected chi connectivity index (χ4v) is 6.61. The van der Waals surface area contributed by atoms with E-state index in [9.17, 15) is 15.2 Å². The topological polar surface area (TPSA) is 90.4 Å². The molecule has 1 aliphatic carbocycles. The van der Waals surface area contributed by atoms with Gasteiger partial charge in [0.05, 0.1) is 20.7 Å². The van der Waals surface area contributed by atoms with Gasteiger partial charge in [-0.3, -0.25) is 4.79 Å². The third-order valence-electron chi connectivity index (χ3n) is 5.59. The number of benzene rings is 1. The van der Waals surface area contributed by atoms with E-state index in [1.165, 1.54) is 29.0 Å². The number of nitrogens with zero attached hydrogens (tertiary/aromatic N) is 3. The van der Waals surface area contributed by atoms with Crippen molar-refractivity contribution >= 4 is 55.3 Å². The van der Waals surface area contributed by atoms with Crippen molar-refractivity contribution in [2.75, 3.05) is 0 Å². The standard InChI is InChI=1S/C23H20Br2N4O2S/c1-12-7-15(11-27-28-22(31)14-8-18(24)21(30)19(25)9-14)13(2)29(12)23-17(10-26)16-5-3-4-6-20(16)32-23/h7-9,11,30H,3-6H2,1-2H3,(H,28,31)/b27-11+. The zero-order valence-electron chi connectivity index (χ0n) is 17.5. The molecule has 0 saturated carbocycles. The molecule has 6 nitrogen and oxygen atoms in total. The van der Waals surface area contributed by atoms with Crippen molar-refractivity contribution < 1.29 is 9.90 Å². The van der Waals surface area contributed by atoms with Gasteiger partial charge in [0.1, 0.15) is 16.8 Å². The summed E-state index contributed by atoms with van der Waals surface area (Å²) in [6.07, 6.45) is 5.93. The van der Waals surface area contributed by atoms with Gasteiger partial charge in [-0.1, -0.05) is 0 Å². The van der Waals surface area contributed by atoms with Crippen LogP contribution in [0.15, 0.2) is 32.2 Å². The lowest BCUT2D eigenvalue weighted by Crippen LogP contribution is -2.17. The molecule has 1 aromatic carbocycles. The Balaban J connectivity index is 1.59. The van der Waals surface area contributed by atoms with Crippen LogP contribution in [0.5, 0.6) is 5.75 Å². The van der Waals surface area contributed by atoms with Crippen molar-refractivity contribution in [2.45, 2.75) is 39.5 Å². The zero-order valence-corrected chi connectivity index (χ0v) is 21.5. The summed E-state index contributed by atoms with van der Waals surface area (Å²) < 4.78 is 2.94. The normalized spacial score (nSPS) is 13.2. The van der Waals surface area contributed by atoms with Gasteiger partial charge in [0, 0.05) is 27.4 Å². The molecule has 2 N–H and O–H groups in total. The fraction of sp³-hybridized carbons (Fsp3) is 0.261. The molecule has 1 aliphatic rings. The molecule has 2 heterocycles. The number of aromatic nitrogens is 1. The Kier molecular flexibility index (Phi) is 6.56. The van der Waals surface area contributed by atoms with Gasteiger partial charge in [-0.25, -0.2) is 5.43 Å². The number of nitrogens with one attached hydrogen (secondary N) is 1. The number of phenolic OH excluding ortho intramolecular Hbond substituents is 1. The number of fused-ring (bicyclic) bond motifs is 1. The van der Waals surface area contributed by atoms with Crippen molar-refractivity contribution in [2.24, 2.45) is 5.10 Å². The Morgan fingerprint density at radius 1 is 1.25 bits per heavy atom. The first-order chi connectivity index (χ1) is 15.3. The predicted molar refractivity (Wildman–Crippen MR) is 133 cm³/mol. The van der Waals surface area contributed by atoms with Gasteiger partial charge in [-0.15, -0.1) is 11.3 Å². The van der Waals surface area contributed by atoms with Crippen LogP contribution in [0.1, 0.15) is 56.2 Å². The zero-order chi connectivity index (χ0) is 23.0. The highest BCUT2D eigenvalue weighted by atomic mass is 79.9. The number of aryl methyl sites for hydroxylation is 2. The minimum Gasteiger partial charge on any atom is -0.506 e. The van der Waals surface area contributed by atoms with Crippen LogP contribution in [0.3, 0.4) is 0 Å². The van der Waals surface area contributed by atoms with E-state index in [-0.39, 0.29) is 5.75 Å². The summed E-state index contributed by atoms with van der Waals surface area (Å²) in [6.45, 7) is 4.00. The second-order valence-corrected chi connectivity index (χ2v) is 10.4. The number of carbonyl (C=O) groups excluding carboxylic acids is 1. The Hall–Kier alpha value is -2.41. The number of hydrazone groups is 1. The second kappa shape index (κ2) is 9.22. The van der Waals surface area contributed by atoms with Crippen molar-refractivity contribution in [3.8, 4) is 16.8 Å². The van der Waals surface area contributed by atoms with E-state index in [1.807, 2.05) is 19.9 Å². The molecule has 0 bridgehead atoms. The minimum absolute atomic E-state index is 0.0319. The molecular weight excluding hydrogens is 556 g/mol. The first kappa shape index (κ1) is 22.8. The van der Waals surface area contributed by atoms with Gasteiger partial charge in [-0.2, -0.15) is 10.4 Å². The molecule has 0 radical (unpaired) electrons. The van der Waals surface area contributed by atoms with E-state index in [1.54, 1.807) is 17.6 Å². The summed E-state index contributed by atoms with van der Waals surface area (Å²) in [5.74, 6) is -0.362. The first-order valence-electron chi connectivity index (χ1n) is 10.1. The number of aromatic hydroxyl groups is 1. The second-order valence-electron chi connectivity index (χ2n) is 7.65. The van der Waals surface area contributed by atoms with Gasteiger partial charge in [0.25, 0.3) is 5.91 Å². The van der Waals surface area contributed by atoms with Gasteiger partial charge >= 0.3 is 0 Å². The Bertz CT molecular complexity index is 1280. The number of halogens is 2. The lowest BCUT2D eigenvalue weighted by atomic mass is 9.96. The molecule has 0 saturated heterocycles. The number of hydrogen-bond acceptors (Lipinski definition) is 5. The number of hydrogen-bond donors (Lipinski definition) is 2. The maximum Gasteiger partial charge on any atom is 0.271 e. The van der Waals surface area contributed by atoms with Crippen LogP contribution in [0.2, 0.25) is 0 Å². The maximum atomic E-state index is 12.4. The molecule has 164 valence electrons. The molecule has 0 fully saturated rings. The van der Waals surface area contributed by atoms with E-state index < -0.39 is 5.91 Å². The van der Waals surface area contributed by atoms with Crippen LogP contribution < -0.4 is 5.43 Å². The number of rotatable bonds is 4. The Labute approximate surface area is 206 Å². The van der Waals surface area contributed by atoms with Crippen molar-refractivity contribution in [3.05, 3.63) is 65.7 Å². The first-order valence-corrected chi connectivity index (χ1v) is 12.5. The van der Waals surface area contributed by atoms with Gasteiger partial charge < -0.3 is 9.67 Å². The quantitative estimate of drug-likeness (QED) is 0.300. The SMILES string of the molecule is Cc1cc(/C=N/NC(=O)c2cc(Br)c(O)c(Br)c2)c(C)n1-c1sc2c(c1C#N)CCCC2. The third kappa shape index (κ3) is 4.15. The number of nitriles is 1. The monoisotopic (exact) mass is 574 g/mol. The van der Waals surface area contributed by atoms with Crippen LogP contribution in [-0.2, 0) is 12.8 Å². The van der Waals surface area contributed by atoms with Crippen molar-refractivity contribution in [1.82, 2.24) is 9.99 Å². The number of carbonyl (C=O) groups is 1. The molecule has 9 heteroatoms. The Morgan fingerprint density at radius 3 is 2.62 bits per heavy atom. The van der Waals surface area contributed by atoms with E-state index >= 15 is 0 Å². The van der Waals surface area contributed by atoms with Crippen LogP contribution in [0, 0.1) is 25.2 Å². The largest absolute Gasteiger partial charge is 0.506 e. The summed E-state index contributed by atoms with van der Waals surface area (Å²) in [7, 11) is 0. The summed E-state index contributed by atoms with van der Waals surface area (Å²) >= 11 is 8.15. The van der Waals surface area contributed by atoms with E-state index in [0.29, 0.717) is 14.5 Å². The highest BCUT2D eigenvalue weighted by molar-refractivity contribution is 9.11. The molecular formula is C23H20Br2N4O2S. The molecule has 0 atom stereocenters. The average molecular weight is 576 g/mol. The molecule has 32 heavy (non-hydrogen) atoms. The third-order valence-corrected chi connectivity index (χ3v) is 8.07. The summed E-state index contributed by atoms with van der Waals surface area (Å²) in [5.41, 5.74) is 7.71. The Morgan fingerprint density at radius 2 is 1.94 bits per heavy atom. The van der Waals surface area contributed by atoms with Gasteiger partial charge in [-0.05, 0) is 95.2 Å². The number of thiophene rings is 1. The molecule has 3 aromatic rings. The van der Waals surface area contributed by atoms with Crippen molar-refractivity contribution in [3.63, 3.8) is 0 Å². The highest BCUT2D eigenvalue weighted by Gasteiger charge is 2.23. The van der Waals surface area contributed by atoms with Gasteiger partial charge in [0.15, 0.2) is 0 Å². The summed E-state index contributed by atoms with van der Waals surface area (Å²) in [6, 6.07) is 7.48. The number of amides is 1. The van der Waals surface area contributed by atoms with Crippen molar-refractivity contribution in [1.29, 1.82) is 5.26 Å².